The summed E-state index contributed by atoms with van der Waals surface area (Å²) in [4.78, 5) is 22.4. The topological polar surface area (TPSA) is 43.4 Å². The van der Waals surface area contributed by atoms with E-state index in [2.05, 4.69) is 0 Å². The molecule has 0 N–H and O–H groups in total. The van der Waals surface area contributed by atoms with Gasteiger partial charge in [-0.05, 0) is 19.4 Å². The zero-order chi connectivity index (χ0) is 10.9. The highest BCUT2D eigenvalue weighted by molar-refractivity contribution is 5.96. The third kappa shape index (κ3) is 2.22. The third-order valence-corrected chi connectivity index (χ3v) is 2.38. The minimum atomic E-state index is -0.622. The Labute approximate surface area is 84.1 Å². The van der Waals surface area contributed by atoms with Crippen LogP contribution in [-0.4, -0.2) is 17.9 Å². The maximum Gasteiger partial charge on any atom is 0.303 e. The second-order valence-electron chi connectivity index (χ2n) is 4.55. The van der Waals surface area contributed by atoms with Gasteiger partial charge in [0.05, 0.1) is 0 Å². The van der Waals surface area contributed by atoms with Gasteiger partial charge >= 0.3 is 5.97 Å². The number of carbonyl (C=O) groups excluding carboxylic acids is 2. The number of hydrogen-bond acceptors (Lipinski definition) is 3. The molecule has 0 saturated heterocycles. The molecule has 0 spiro atoms. The van der Waals surface area contributed by atoms with Gasteiger partial charge in [0.25, 0.3) is 0 Å². The Bertz CT molecular complexity index is 300. The normalized spacial score (nSPS) is 25.6. The van der Waals surface area contributed by atoms with Crippen molar-refractivity contribution in [2.45, 2.75) is 40.2 Å². The molecule has 78 valence electrons. The van der Waals surface area contributed by atoms with Gasteiger partial charge in [-0.25, -0.2) is 0 Å². The van der Waals surface area contributed by atoms with Crippen molar-refractivity contribution in [3.05, 3.63) is 11.6 Å². The zero-order valence-electron chi connectivity index (χ0n) is 9.09. The minimum absolute atomic E-state index is 0.103. The standard InChI is InChI=1S/C11H16O3/c1-7-5-9(13)10(14-8(2)12)11(3,4)6-7/h5,10H,6H2,1-4H3/t10-/m0/s1. The van der Waals surface area contributed by atoms with Crippen molar-refractivity contribution in [1.82, 2.24) is 0 Å². The smallest absolute Gasteiger partial charge is 0.303 e. The molecule has 0 unspecified atom stereocenters. The number of carbonyl (C=O) groups is 2. The molecule has 3 nitrogen and oxygen atoms in total. The van der Waals surface area contributed by atoms with Gasteiger partial charge in [-0.1, -0.05) is 19.4 Å². The van der Waals surface area contributed by atoms with Crippen LogP contribution in [0.3, 0.4) is 0 Å². The van der Waals surface area contributed by atoms with Gasteiger partial charge < -0.3 is 4.74 Å². The van der Waals surface area contributed by atoms with Crippen LogP contribution in [0.2, 0.25) is 0 Å². The number of hydrogen-bond donors (Lipinski definition) is 0. The lowest BCUT2D eigenvalue weighted by Crippen LogP contribution is -2.42. The van der Waals surface area contributed by atoms with Crippen molar-refractivity contribution in [3.8, 4) is 0 Å². The molecule has 1 aliphatic rings. The average Bonchev–Trinajstić information content (AvgIpc) is 1.95. The van der Waals surface area contributed by atoms with Crippen molar-refractivity contribution in [2.24, 2.45) is 5.41 Å². The van der Waals surface area contributed by atoms with E-state index >= 15 is 0 Å². The van der Waals surface area contributed by atoms with Crippen LogP contribution in [0.4, 0.5) is 0 Å². The van der Waals surface area contributed by atoms with E-state index in [4.69, 9.17) is 4.74 Å². The molecular weight excluding hydrogens is 180 g/mol. The minimum Gasteiger partial charge on any atom is -0.454 e. The summed E-state index contributed by atoms with van der Waals surface area (Å²) in [5.74, 6) is -0.502. The predicted molar refractivity (Wildman–Crippen MR) is 52.7 cm³/mol. The fraction of sp³-hybridized carbons (Fsp3) is 0.636. The SMILES string of the molecule is CC(=O)O[C@H]1C(=O)C=C(C)CC1(C)C. The summed E-state index contributed by atoms with van der Waals surface area (Å²) in [7, 11) is 0. The van der Waals surface area contributed by atoms with Gasteiger partial charge in [0.1, 0.15) is 0 Å². The van der Waals surface area contributed by atoms with Crippen molar-refractivity contribution in [1.29, 1.82) is 0 Å². The molecule has 1 rings (SSSR count). The van der Waals surface area contributed by atoms with E-state index in [-0.39, 0.29) is 11.2 Å². The fourth-order valence-electron chi connectivity index (χ4n) is 1.95. The molecule has 0 heterocycles. The third-order valence-electron chi connectivity index (χ3n) is 2.38. The van der Waals surface area contributed by atoms with Crippen molar-refractivity contribution >= 4 is 11.8 Å². The predicted octanol–water partition coefficient (Wildman–Crippen LogP) is 1.86. The Kier molecular flexibility index (Phi) is 2.79. The molecule has 3 heteroatoms. The van der Waals surface area contributed by atoms with E-state index in [1.54, 1.807) is 6.08 Å². The molecule has 0 saturated carbocycles. The quantitative estimate of drug-likeness (QED) is 0.601. The van der Waals surface area contributed by atoms with E-state index in [1.165, 1.54) is 6.92 Å². The Morgan fingerprint density at radius 3 is 2.57 bits per heavy atom. The summed E-state index contributed by atoms with van der Waals surface area (Å²) in [5, 5.41) is 0. The highest BCUT2D eigenvalue weighted by Gasteiger charge is 2.39. The van der Waals surface area contributed by atoms with E-state index in [0.29, 0.717) is 0 Å². The number of allylic oxidation sites excluding steroid dienone is 1. The molecule has 1 aliphatic carbocycles. The number of esters is 1. The van der Waals surface area contributed by atoms with Crippen LogP contribution in [0.15, 0.2) is 11.6 Å². The Balaban J connectivity index is 2.92. The Morgan fingerprint density at radius 2 is 2.14 bits per heavy atom. The van der Waals surface area contributed by atoms with Crippen LogP contribution >= 0.6 is 0 Å². The average molecular weight is 196 g/mol. The summed E-state index contributed by atoms with van der Waals surface area (Å²) in [6.07, 6.45) is 1.74. The maximum absolute atomic E-state index is 11.6. The van der Waals surface area contributed by atoms with Gasteiger partial charge in [0.2, 0.25) is 0 Å². The molecule has 0 aromatic heterocycles. The molecule has 14 heavy (non-hydrogen) atoms. The van der Waals surface area contributed by atoms with E-state index in [0.717, 1.165) is 12.0 Å². The Hall–Kier alpha value is -1.12. The maximum atomic E-state index is 11.6. The van der Waals surface area contributed by atoms with Gasteiger partial charge in [0, 0.05) is 12.3 Å². The Morgan fingerprint density at radius 1 is 1.57 bits per heavy atom. The zero-order valence-corrected chi connectivity index (χ0v) is 9.09. The molecule has 0 aliphatic heterocycles. The largest absolute Gasteiger partial charge is 0.454 e. The second kappa shape index (κ2) is 3.56. The highest BCUT2D eigenvalue weighted by Crippen LogP contribution is 2.35. The summed E-state index contributed by atoms with van der Waals surface area (Å²) in [6, 6.07) is 0. The van der Waals surface area contributed by atoms with Crippen LogP contribution in [0, 0.1) is 5.41 Å². The first-order valence-electron chi connectivity index (χ1n) is 4.71. The van der Waals surface area contributed by atoms with Gasteiger partial charge in [-0.3, -0.25) is 9.59 Å². The first-order valence-corrected chi connectivity index (χ1v) is 4.71. The van der Waals surface area contributed by atoms with Crippen LogP contribution < -0.4 is 0 Å². The van der Waals surface area contributed by atoms with Crippen LogP contribution in [0.25, 0.3) is 0 Å². The van der Waals surface area contributed by atoms with Gasteiger partial charge in [0.15, 0.2) is 11.9 Å². The second-order valence-corrected chi connectivity index (χ2v) is 4.55. The molecule has 1 atom stereocenters. The number of ether oxygens (including phenoxy) is 1. The van der Waals surface area contributed by atoms with Crippen LogP contribution in [-0.2, 0) is 14.3 Å². The van der Waals surface area contributed by atoms with Crippen molar-refractivity contribution in [2.75, 3.05) is 0 Å². The van der Waals surface area contributed by atoms with Crippen LogP contribution in [0.1, 0.15) is 34.1 Å². The van der Waals surface area contributed by atoms with Crippen molar-refractivity contribution < 1.29 is 14.3 Å². The lowest BCUT2D eigenvalue weighted by atomic mass is 9.74. The number of ketones is 1. The summed E-state index contributed by atoms with van der Waals surface area (Å²) < 4.78 is 5.03. The first kappa shape index (κ1) is 11.0. The van der Waals surface area contributed by atoms with E-state index in [1.807, 2.05) is 20.8 Å². The monoisotopic (exact) mass is 196 g/mol. The highest BCUT2D eigenvalue weighted by atomic mass is 16.5. The summed E-state index contributed by atoms with van der Waals surface area (Å²) in [5.41, 5.74) is 0.755. The molecular formula is C11H16O3. The molecule has 0 aromatic carbocycles. The van der Waals surface area contributed by atoms with E-state index < -0.39 is 12.1 Å². The number of rotatable bonds is 1. The molecule has 0 fully saturated rings. The van der Waals surface area contributed by atoms with E-state index in [9.17, 15) is 9.59 Å². The van der Waals surface area contributed by atoms with Crippen molar-refractivity contribution in [3.63, 3.8) is 0 Å². The summed E-state index contributed by atoms with van der Waals surface area (Å²) >= 11 is 0. The molecule has 0 amide bonds. The molecule has 0 radical (unpaired) electrons. The molecule has 0 aromatic rings. The van der Waals surface area contributed by atoms with Gasteiger partial charge in [-0.15, -0.1) is 0 Å². The summed E-state index contributed by atoms with van der Waals surface area (Å²) in [6.45, 7) is 7.13. The van der Waals surface area contributed by atoms with Gasteiger partial charge in [-0.2, -0.15) is 0 Å². The first-order chi connectivity index (χ1) is 6.33. The molecule has 0 bridgehead atoms. The van der Waals surface area contributed by atoms with Crippen LogP contribution in [0.5, 0.6) is 0 Å². The fourth-order valence-corrected chi connectivity index (χ4v) is 1.95. The lowest BCUT2D eigenvalue weighted by Gasteiger charge is -2.35. The lowest BCUT2D eigenvalue weighted by molar-refractivity contribution is -0.159.